The Morgan fingerprint density at radius 1 is 1.29 bits per heavy atom. The van der Waals surface area contributed by atoms with Gasteiger partial charge >= 0.3 is 0 Å². The molecular weight excluding hydrogens is 308 g/mol. The van der Waals surface area contributed by atoms with E-state index in [1.807, 2.05) is 6.92 Å². The first-order valence-electron chi connectivity index (χ1n) is 8.32. The van der Waals surface area contributed by atoms with E-state index in [9.17, 15) is 9.59 Å². The van der Waals surface area contributed by atoms with Crippen LogP contribution < -0.4 is 14.8 Å². The molecule has 1 aromatic rings. The maximum atomic E-state index is 12.8. The molecule has 1 unspecified atom stereocenters. The number of nitrogens with one attached hydrogen (secondary N) is 1. The molecule has 2 fully saturated rings. The second-order valence-corrected chi connectivity index (χ2v) is 6.74. The van der Waals surface area contributed by atoms with Gasteiger partial charge in [-0.25, -0.2) is 0 Å². The van der Waals surface area contributed by atoms with Gasteiger partial charge in [-0.05, 0) is 44.2 Å². The second kappa shape index (κ2) is 6.34. The molecule has 1 N–H and O–H groups in total. The van der Waals surface area contributed by atoms with Crippen molar-refractivity contribution >= 4 is 17.5 Å². The summed E-state index contributed by atoms with van der Waals surface area (Å²) in [6, 6.07) is 5.23. The second-order valence-electron chi connectivity index (χ2n) is 6.74. The molecule has 2 amide bonds. The fraction of sp³-hybridized carbons (Fsp3) is 0.556. The van der Waals surface area contributed by atoms with Crippen LogP contribution in [0.25, 0.3) is 0 Å². The molecular formula is C18H24N2O4. The molecule has 6 nitrogen and oxygen atoms in total. The lowest BCUT2D eigenvalue weighted by atomic mass is 9.85. The summed E-state index contributed by atoms with van der Waals surface area (Å²) in [5, 5.41) is 2.89. The normalized spacial score (nSPS) is 22.5. The van der Waals surface area contributed by atoms with Gasteiger partial charge in [0, 0.05) is 19.0 Å². The third-order valence-corrected chi connectivity index (χ3v) is 5.02. The Morgan fingerprint density at radius 2 is 2.04 bits per heavy atom. The summed E-state index contributed by atoms with van der Waals surface area (Å²) in [5.41, 5.74) is -0.246. The van der Waals surface area contributed by atoms with Crippen LogP contribution in [0, 0.1) is 5.92 Å². The van der Waals surface area contributed by atoms with Gasteiger partial charge in [-0.15, -0.1) is 0 Å². The van der Waals surface area contributed by atoms with E-state index in [0.29, 0.717) is 42.5 Å². The van der Waals surface area contributed by atoms with Gasteiger partial charge in [0.1, 0.15) is 17.0 Å². The summed E-state index contributed by atoms with van der Waals surface area (Å²) in [6.45, 7) is 2.47. The third kappa shape index (κ3) is 3.05. The zero-order chi connectivity index (χ0) is 17.3. The average molecular weight is 332 g/mol. The van der Waals surface area contributed by atoms with Crippen molar-refractivity contribution in [3.63, 3.8) is 0 Å². The van der Waals surface area contributed by atoms with Crippen molar-refractivity contribution in [1.82, 2.24) is 4.90 Å². The number of rotatable bonds is 6. The number of carbonyl (C=O) groups is 2. The zero-order valence-corrected chi connectivity index (χ0v) is 14.4. The Balaban J connectivity index is 1.73. The highest BCUT2D eigenvalue weighted by molar-refractivity contribution is 6.02. The largest absolute Gasteiger partial charge is 0.497 e. The van der Waals surface area contributed by atoms with E-state index >= 15 is 0 Å². The Hall–Kier alpha value is -2.24. The monoisotopic (exact) mass is 332 g/mol. The molecule has 2 aliphatic rings. The van der Waals surface area contributed by atoms with Gasteiger partial charge in [0.15, 0.2) is 0 Å². The fourth-order valence-electron chi connectivity index (χ4n) is 3.04. The summed E-state index contributed by atoms with van der Waals surface area (Å²) in [5.74, 6) is 1.60. The topological polar surface area (TPSA) is 67.9 Å². The maximum absolute atomic E-state index is 12.8. The number of benzene rings is 1. The Labute approximate surface area is 142 Å². The van der Waals surface area contributed by atoms with Crippen LogP contribution in [0.5, 0.6) is 11.5 Å². The van der Waals surface area contributed by atoms with Gasteiger partial charge in [-0.1, -0.05) is 0 Å². The molecule has 0 aromatic heterocycles. The van der Waals surface area contributed by atoms with E-state index in [1.54, 1.807) is 37.3 Å². The molecule has 0 bridgehead atoms. The van der Waals surface area contributed by atoms with E-state index in [-0.39, 0.29) is 11.8 Å². The number of carbonyl (C=O) groups excluding carboxylic acids is 2. The van der Waals surface area contributed by atoms with Crippen LogP contribution in [-0.2, 0) is 9.59 Å². The minimum absolute atomic E-state index is 0.0824. The van der Waals surface area contributed by atoms with Crippen LogP contribution in [0.2, 0.25) is 0 Å². The SMILES string of the molecule is COc1ccc(OC)c(NC(=O)C2(C)CCN2C(=O)CC2CC2)c1. The summed E-state index contributed by atoms with van der Waals surface area (Å²) < 4.78 is 10.5. The lowest BCUT2D eigenvalue weighted by Gasteiger charge is -2.49. The molecule has 1 aliphatic heterocycles. The van der Waals surface area contributed by atoms with Crippen molar-refractivity contribution in [2.75, 3.05) is 26.1 Å². The van der Waals surface area contributed by atoms with Crippen LogP contribution in [0.15, 0.2) is 18.2 Å². The smallest absolute Gasteiger partial charge is 0.250 e. The van der Waals surface area contributed by atoms with Crippen LogP contribution in [-0.4, -0.2) is 43.0 Å². The molecule has 1 aliphatic carbocycles. The molecule has 3 rings (SSSR count). The quantitative estimate of drug-likeness (QED) is 0.869. The molecule has 6 heteroatoms. The minimum atomic E-state index is -0.792. The lowest BCUT2D eigenvalue weighted by Crippen LogP contribution is -2.66. The number of hydrogen-bond donors (Lipinski definition) is 1. The number of methoxy groups -OCH3 is 2. The third-order valence-electron chi connectivity index (χ3n) is 5.02. The fourth-order valence-corrected chi connectivity index (χ4v) is 3.04. The van der Waals surface area contributed by atoms with E-state index in [4.69, 9.17) is 9.47 Å². The van der Waals surface area contributed by atoms with Crippen molar-refractivity contribution < 1.29 is 19.1 Å². The van der Waals surface area contributed by atoms with Crippen molar-refractivity contribution in [3.05, 3.63) is 18.2 Å². The molecule has 1 heterocycles. The molecule has 24 heavy (non-hydrogen) atoms. The van der Waals surface area contributed by atoms with Gasteiger partial charge in [-0.2, -0.15) is 0 Å². The summed E-state index contributed by atoms with van der Waals surface area (Å²) in [4.78, 5) is 26.9. The van der Waals surface area contributed by atoms with Crippen LogP contribution in [0.3, 0.4) is 0 Å². The predicted octanol–water partition coefficient (Wildman–Crippen LogP) is 2.43. The van der Waals surface area contributed by atoms with E-state index in [1.165, 1.54) is 0 Å². The highest BCUT2D eigenvalue weighted by atomic mass is 16.5. The van der Waals surface area contributed by atoms with Crippen molar-refractivity contribution in [2.24, 2.45) is 5.92 Å². The highest BCUT2D eigenvalue weighted by Gasteiger charge is 2.50. The molecule has 0 radical (unpaired) electrons. The van der Waals surface area contributed by atoms with Gasteiger partial charge in [-0.3, -0.25) is 9.59 Å². The molecule has 0 spiro atoms. The van der Waals surface area contributed by atoms with Crippen LogP contribution in [0.4, 0.5) is 5.69 Å². The summed E-state index contributed by atoms with van der Waals surface area (Å²) >= 11 is 0. The number of nitrogens with zero attached hydrogens (tertiary/aromatic N) is 1. The first-order valence-corrected chi connectivity index (χ1v) is 8.32. The first kappa shape index (κ1) is 16.6. The van der Waals surface area contributed by atoms with Crippen molar-refractivity contribution in [3.8, 4) is 11.5 Å². The first-order chi connectivity index (χ1) is 11.5. The van der Waals surface area contributed by atoms with Gasteiger partial charge in [0.2, 0.25) is 11.8 Å². The average Bonchev–Trinajstić information content (AvgIpc) is 3.36. The zero-order valence-electron chi connectivity index (χ0n) is 14.4. The highest BCUT2D eigenvalue weighted by Crippen LogP contribution is 2.38. The van der Waals surface area contributed by atoms with Crippen LogP contribution in [0.1, 0.15) is 32.6 Å². The minimum Gasteiger partial charge on any atom is -0.497 e. The summed E-state index contributed by atoms with van der Waals surface area (Å²) in [7, 11) is 3.12. The lowest BCUT2D eigenvalue weighted by molar-refractivity contribution is -0.155. The molecule has 1 saturated carbocycles. The summed E-state index contributed by atoms with van der Waals surface area (Å²) in [6.07, 6.45) is 3.49. The van der Waals surface area contributed by atoms with Crippen molar-refractivity contribution in [2.45, 2.75) is 38.1 Å². The Bertz CT molecular complexity index is 656. The Morgan fingerprint density at radius 3 is 2.58 bits per heavy atom. The number of likely N-dealkylation sites (tertiary alicyclic amines) is 1. The van der Waals surface area contributed by atoms with Gasteiger partial charge in [0.25, 0.3) is 0 Å². The number of amides is 2. The van der Waals surface area contributed by atoms with E-state index in [0.717, 1.165) is 12.8 Å². The van der Waals surface area contributed by atoms with Gasteiger partial charge in [0.05, 0.1) is 19.9 Å². The maximum Gasteiger partial charge on any atom is 0.250 e. The predicted molar refractivity (Wildman–Crippen MR) is 90.3 cm³/mol. The standard InChI is InChI=1S/C18H24N2O4/c1-18(8-9-20(18)16(21)10-12-4-5-12)17(22)19-14-11-13(23-2)6-7-15(14)24-3/h6-7,11-12H,4-5,8-10H2,1-3H3,(H,19,22). The molecule has 1 atom stereocenters. The number of hydrogen-bond acceptors (Lipinski definition) is 4. The van der Waals surface area contributed by atoms with Crippen LogP contribution >= 0.6 is 0 Å². The van der Waals surface area contributed by atoms with E-state index < -0.39 is 5.54 Å². The van der Waals surface area contributed by atoms with Gasteiger partial charge < -0.3 is 19.7 Å². The number of ether oxygens (including phenoxy) is 2. The Kier molecular flexibility index (Phi) is 4.39. The number of anilines is 1. The molecule has 1 aromatic carbocycles. The molecule has 130 valence electrons. The molecule has 1 saturated heterocycles. The van der Waals surface area contributed by atoms with Crippen molar-refractivity contribution in [1.29, 1.82) is 0 Å². The van der Waals surface area contributed by atoms with E-state index in [2.05, 4.69) is 5.32 Å².